The van der Waals surface area contributed by atoms with Crippen LogP contribution in [-0.2, 0) is 4.79 Å². The van der Waals surface area contributed by atoms with Gasteiger partial charge in [0.1, 0.15) is 10.7 Å². The van der Waals surface area contributed by atoms with Crippen molar-refractivity contribution in [2.45, 2.75) is 57.3 Å². The van der Waals surface area contributed by atoms with Gasteiger partial charge in [-0.1, -0.05) is 11.6 Å². The molecule has 0 aliphatic heterocycles. The van der Waals surface area contributed by atoms with E-state index in [1.807, 2.05) is 0 Å². The zero-order chi connectivity index (χ0) is 19.3. The molecule has 0 aromatic carbocycles. The number of aliphatic hydroxyl groups is 1. The molecule has 6 nitrogen and oxygen atoms in total. The third-order valence-electron chi connectivity index (χ3n) is 4.61. The smallest absolute Gasteiger partial charge is 0.380 e. The van der Waals surface area contributed by atoms with Crippen LogP contribution in [0.1, 0.15) is 44.2 Å². The first-order valence-electron chi connectivity index (χ1n) is 8.13. The summed E-state index contributed by atoms with van der Waals surface area (Å²) in [4.78, 5) is 20.7. The van der Waals surface area contributed by atoms with Crippen molar-refractivity contribution in [3.8, 4) is 0 Å². The van der Waals surface area contributed by atoms with Crippen LogP contribution < -0.4 is 5.32 Å². The van der Waals surface area contributed by atoms with Crippen LogP contribution in [0.2, 0.25) is 5.15 Å². The number of anilines is 1. The minimum atomic E-state index is -4.91. The maximum absolute atomic E-state index is 12.8. The van der Waals surface area contributed by atoms with Crippen molar-refractivity contribution in [3.05, 3.63) is 16.8 Å². The minimum Gasteiger partial charge on any atom is -0.380 e. The van der Waals surface area contributed by atoms with Crippen molar-refractivity contribution in [2.24, 2.45) is 0 Å². The standard InChI is InChI=1S/C16H18ClF3N4O2/c1-8-6-10(17)21-13-12(8)23-14(24(13)9-4-3-5-9)22-11(25)7-15(2,26)16(18,19)20/h6,9,26H,3-5,7H2,1-2H3,(H,22,23,25). The predicted octanol–water partition coefficient (Wildman–Crippen LogP) is 3.76. The molecule has 0 spiro atoms. The van der Waals surface area contributed by atoms with E-state index in [1.165, 1.54) is 0 Å². The van der Waals surface area contributed by atoms with Crippen LogP contribution in [0.5, 0.6) is 0 Å². The van der Waals surface area contributed by atoms with Crippen molar-refractivity contribution in [3.63, 3.8) is 0 Å². The fraction of sp³-hybridized carbons (Fsp3) is 0.562. The predicted molar refractivity (Wildman–Crippen MR) is 90.1 cm³/mol. The van der Waals surface area contributed by atoms with E-state index in [4.69, 9.17) is 11.6 Å². The minimum absolute atomic E-state index is 0.0452. The zero-order valence-corrected chi connectivity index (χ0v) is 14.9. The lowest BCUT2D eigenvalue weighted by Crippen LogP contribution is -2.45. The number of halogens is 4. The lowest BCUT2D eigenvalue weighted by atomic mass is 9.93. The Morgan fingerprint density at radius 3 is 2.62 bits per heavy atom. The van der Waals surface area contributed by atoms with E-state index in [1.54, 1.807) is 17.6 Å². The normalized spacial score (nSPS) is 17.8. The first kappa shape index (κ1) is 18.9. The van der Waals surface area contributed by atoms with E-state index < -0.39 is 24.1 Å². The van der Waals surface area contributed by atoms with Crippen molar-refractivity contribution in [1.29, 1.82) is 0 Å². The average Bonchev–Trinajstić information content (AvgIpc) is 2.74. The fourth-order valence-corrected chi connectivity index (χ4v) is 3.08. The summed E-state index contributed by atoms with van der Waals surface area (Å²) in [6.07, 6.45) is -3.34. The maximum atomic E-state index is 12.8. The van der Waals surface area contributed by atoms with Gasteiger partial charge in [-0.3, -0.25) is 14.7 Å². The molecule has 1 unspecified atom stereocenters. The first-order valence-corrected chi connectivity index (χ1v) is 8.51. The third kappa shape index (κ3) is 3.37. The summed E-state index contributed by atoms with van der Waals surface area (Å²) in [5, 5.41) is 12.2. The summed E-state index contributed by atoms with van der Waals surface area (Å²) >= 11 is 6.02. The molecule has 10 heteroatoms. The molecule has 2 aromatic heterocycles. The largest absolute Gasteiger partial charge is 0.417 e. The lowest BCUT2D eigenvalue weighted by Gasteiger charge is -2.29. The van der Waals surface area contributed by atoms with Gasteiger partial charge in [0.25, 0.3) is 0 Å². The van der Waals surface area contributed by atoms with Gasteiger partial charge < -0.3 is 5.11 Å². The molecule has 142 valence electrons. The number of imidazole rings is 1. The summed E-state index contributed by atoms with van der Waals surface area (Å²) in [5.74, 6) is -0.863. The Morgan fingerprint density at radius 2 is 2.08 bits per heavy atom. The monoisotopic (exact) mass is 390 g/mol. The highest BCUT2D eigenvalue weighted by Gasteiger charge is 2.51. The maximum Gasteiger partial charge on any atom is 0.417 e. The second-order valence-electron chi connectivity index (χ2n) is 6.82. The van der Waals surface area contributed by atoms with Crippen molar-refractivity contribution in [2.75, 3.05) is 5.32 Å². The van der Waals surface area contributed by atoms with E-state index in [-0.39, 0.29) is 17.1 Å². The van der Waals surface area contributed by atoms with Gasteiger partial charge >= 0.3 is 6.18 Å². The number of alkyl halides is 3. The molecule has 0 bridgehead atoms. The van der Waals surface area contributed by atoms with Crippen LogP contribution in [0.15, 0.2) is 6.07 Å². The molecule has 1 aliphatic carbocycles. The molecule has 2 N–H and O–H groups in total. The van der Waals surface area contributed by atoms with Gasteiger partial charge in [0.05, 0.1) is 6.42 Å². The molecule has 0 saturated heterocycles. The topological polar surface area (TPSA) is 80.0 Å². The Morgan fingerprint density at radius 1 is 1.42 bits per heavy atom. The number of pyridine rings is 1. The number of carbonyl (C=O) groups excluding carboxylic acids is 1. The van der Waals surface area contributed by atoms with E-state index >= 15 is 0 Å². The fourth-order valence-electron chi connectivity index (χ4n) is 2.84. The number of aryl methyl sites for hydroxylation is 1. The molecular weight excluding hydrogens is 373 g/mol. The zero-order valence-electron chi connectivity index (χ0n) is 14.2. The molecule has 2 aromatic rings. The SMILES string of the molecule is Cc1cc(Cl)nc2c1nc(NC(=O)CC(C)(O)C(F)(F)F)n2C1CCC1. The summed E-state index contributed by atoms with van der Waals surface area (Å²) in [5.41, 5.74) is -1.37. The summed E-state index contributed by atoms with van der Waals surface area (Å²) < 4.78 is 40.1. The highest BCUT2D eigenvalue weighted by Crippen LogP contribution is 2.38. The van der Waals surface area contributed by atoms with E-state index in [9.17, 15) is 23.1 Å². The van der Waals surface area contributed by atoms with Gasteiger partial charge in [-0.2, -0.15) is 13.2 Å². The van der Waals surface area contributed by atoms with Gasteiger partial charge in [-0.15, -0.1) is 0 Å². The van der Waals surface area contributed by atoms with Gasteiger partial charge in [-0.25, -0.2) is 9.97 Å². The van der Waals surface area contributed by atoms with Crippen molar-refractivity contribution >= 4 is 34.6 Å². The number of hydrogen-bond acceptors (Lipinski definition) is 4. The van der Waals surface area contributed by atoms with Crippen LogP contribution in [0.4, 0.5) is 19.1 Å². The second-order valence-corrected chi connectivity index (χ2v) is 7.21. The quantitative estimate of drug-likeness (QED) is 0.779. The molecule has 0 radical (unpaired) electrons. The van der Waals surface area contributed by atoms with Crippen LogP contribution >= 0.6 is 11.6 Å². The Kier molecular flexibility index (Phi) is 4.64. The summed E-state index contributed by atoms with van der Waals surface area (Å²) in [6, 6.07) is 1.67. The van der Waals surface area contributed by atoms with E-state index in [2.05, 4.69) is 15.3 Å². The van der Waals surface area contributed by atoms with Crippen molar-refractivity contribution in [1.82, 2.24) is 14.5 Å². The highest BCUT2D eigenvalue weighted by molar-refractivity contribution is 6.29. The van der Waals surface area contributed by atoms with Gasteiger partial charge in [0, 0.05) is 6.04 Å². The molecule has 26 heavy (non-hydrogen) atoms. The molecular formula is C16H18ClF3N4O2. The molecule has 1 aliphatic rings. The Hall–Kier alpha value is -1.87. The van der Waals surface area contributed by atoms with E-state index in [0.717, 1.165) is 24.8 Å². The molecule has 1 atom stereocenters. The van der Waals surface area contributed by atoms with Crippen LogP contribution in [-0.4, -0.2) is 37.3 Å². The number of aromatic nitrogens is 3. The molecule has 1 saturated carbocycles. The van der Waals surface area contributed by atoms with Crippen molar-refractivity contribution < 1.29 is 23.1 Å². The van der Waals surface area contributed by atoms with Gasteiger partial charge in [-0.05, 0) is 44.7 Å². The number of nitrogens with one attached hydrogen (secondary N) is 1. The van der Waals surface area contributed by atoms with E-state index in [0.29, 0.717) is 18.1 Å². The third-order valence-corrected chi connectivity index (χ3v) is 4.81. The number of carbonyl (C=O) groups is 1. The Labute approximate surface area is 152 Å². The lowest BCUT2D eigenvalue weighted by molar-refractivity contribution is -0.252. The number of amides is 1. The highest BCUT2D eigenvalue weighted by atomic mass is 35.5. The summed E-state index contributed by atoms with van der Waals surface area (Å²) in [6.45, 7) is 2.35. The second kappa shape index (κ2) is 6.38. The van der Waals surface area contributed by atoms with Crippen LogP contribution in [0.25, 0.3) is 11.2 Å². The van der Waals surface area contributed by atoms with Crippen LogP contribution in [0, 0.1) is 6.92 Å². The van der Waals surface area contributed by atoms with Gasteiger partial charge in [0.2, 0.25) is 11.9 Å². The molecule has 2 heterocycles. The number of nitrogens with zero attached hydrogens (tertiary/aromatic N) is 3. The average molecular weight is 391 g/mol. The van der Waals surface area contributed by atoms with Gasteiger partial charge in [0.15, 0.2) is 11.2 Å². The first-order chi connectivity index (χ1) is 12.0. The van der Waals surface area contributed by atoms with Crippen LogP contribution in [0.3, 0.4) is 0 Å². The number of fused-ring (bicyclic) bond motifs is 1. The number of hydrogen-bond donors (Lipinski definition) is 2. The number of rotatable bonds is 4. The summed E-state index contributed by atoms with van der Waals surface area (Å²) in [7, 11) is 0. The molecule has 1 amide bonds. The Balaban J connectivity index is 1.95. The Bertz CT molecular complexity index is 859. The molecule has 3 rings (SSSR count). The molecule has 1 fully saturated rings.